The molecule has 3 fully saturated rings. The molecular weight excluding hydrogens is 748 g/mol. The number of methoxy groups -OCH3 is 1. The summed E-state index contributed by atoms with van der Waals surface area (Å²) in [5.74, 6) is 0.898. The summed E-state index contributed by atoms with van der Waals surface area (Å²) in [7, 11) is 3.71. The molecule has 5 aromatic rings. The molecule has 1 saturated carbocycles. The highest BCUT2D eigenvalue weighted by Gasteiger charge is 2.34. The fourth-order valence-corrected chi connectivity index (χ4v) is 9.38. The molecule has 0 spiro atoms. The predicted molar refractivity (Wildman–Crippen MR) is 207 cm³/mol. The minimum absolute atomic E-state index is 0.254. The monoisotopic (exact) mass is 789 g/mol. The van der Waals surface area contributed by atoms with Crippen molar-refractivity contribution in [1.82, 2.24) is 29.6 Å². The van der Waals surface area contributed by atoms with Crippen molar-refractivity contribution < 1.29 is 32.3 Å². The highest BCUT2D eigenvalue weighted by atomic mass is 32.1. The summed E-state index contributed by atoms with van der Waals surface area (Å²) < 4.78 is 47.8. The third kappa shape index (κ3) is 7.61. The van der Waals surface area contributed by atoms with Crippen molar-refractivity contribution >= 4 is 62.2 Å². The Labute approximate surface area is 324 Å². The van der Waals surface area contributed by atoms with Crippen LogP contribution in [-0.4, -0.2) is 88.5 Å². The van der Waals surface area contributed by atoms with Gasteiger partial charge in [-0.25, -0.2) is 19.7 Å². The lowest BCUT2D eigenvalue weighted by molar-refractivity contribution is -0.141. The van der Waals surface area contributed by atoms with Crippen LogP contribution < -0.4 is 25.2 Å². The number of amides is 4. The number of nitrogens with zero attached hydrogens (tertiary/aromatic N) is 7. The van der Waals surface area contributed by atoms with Gasteiger partial charge >= 0.3 is 12.2 Å². The number of rotatable bonds is 9. The Morgan fingerprint density at radius 2 is 1.82 bits per heavy atom. The Bertz CT molecular complexity index is 2280. The van der Waals surface area contributed by atoms with Crippen LogP contribution in [0, 0.1) is 5.92 Å². The SMILES string of the molecule is COc1cc2nc(C3CCC(CN(C)C4CCN(c5cccn6c(N7CCC(=O)NC7=O)cnc56)CC4)CC3)sc2cc1NC(=O)c1cccc(C(F)(F)F)n1. The number of imidazole rings is 1. The van der Waals surface area contributed by atoms with Gasteiger partial charge in [-0.1, -0.05) is 6.07 Å². The molecule has 2 saturated heterocycles. The Morgan fingerprint density at radius 3 is 2.55 bits per heavy atom. The Morgan fingerprint density at radius 1 is 1.04 bits per heavy atom. The maximum Gasteiger partial charge on any atom is 0.433 e. The van der Waals surface area contributed by atoms with E-state index in [-0.39, 0.29) is 18.0 Å². The highest BCUT2D eigenvalue weighted by molar-refractivity contribution is 7.18. The molecule has 1 aromatic carbocycles. The molecule has 2 N–H and O–H groups in total. The number of piperidine rings is 1. The topological polar surface area (TPSA) is 137 Å². The van der Waals surface area contributed by atoms with Gasteiger partial charge in [-0.15, -0.1) is 11.3 Å². The molecule has 294 valence electrons. The zero-order chi connectivity index (χ0) is 39.1. The number of hydrogen-bond acceptors (Lipinski definition) is 10. The maximum absolute atomic E-state index is 13.2. The number of aromatic nitrogens is 4. The van der Waals surface area contributed by atoms with Crippen molar-refractivity contribution in [2.24, 2.45) is 5.92 Å². The first-order valence-electron chi connectivity index (χ1n) is 18.8. The van der Waals surface area contributed by atoms with E-state index in [4.69, 9.17) is 9.72 Å². The molecule has 3 aliphatic rings. The summed E-state index contributed by atoms with van der Waals surface area (Å²) in [4.78, 5) is 56.7. The number of carbonyl (C=O) groups is 3. The highest BCUT2D eigenvalue weighted by Crippen LogP contribution is 2.42. The molecule has 0 radical (unpaired) electrons. The smallest absolute Gasteiger partial charge is 0.433 e. The van der Waals surface area contributed by atoms with Crippen LogP contribution in [0.4, 0.5) is 35.2 Å². The van der Waals surface area contributed by atoms with Gasteiger partial charge in [0, 0.05) is 56.8 Å². The number of hydrogen-bond donors (Lipinski definition) is 2. The standard InChI is InChI=1S/C39H42F3N9O4S/c1-48(25-12-16-49(17-13-25)29-6-4-15-50-34(21-43-35(29)50)51-18-14-33(52)47-38(51)54)22-23-8-10-24(11-9-23)37-46-28-19-30(55-2)27(20-31(28)56-37)45-36(53)26-5-3-7-32(44-26)39(40,41)42/h3-7,15,19-21,23-25H,8-14,16-18,22H2,1-2H3,(H,45,53)(H,47,52,54). The number of fused-ring (bicyclic) bond motifs is 2. The van der Waals surface area contributed by atoms with Crippen molar-refractivity contribution in [2.75, 3.05) is 55.5 Å². The van der Waals surface area contributed by atoms with E-state index in [1.807, 2.05) is 16.7 Å². The molecule has 4 amide bonds. The molecule has 4 aromatic heterocycles. The van der Waals surface area contributed by atoms with Crippen LogP contribution in [0.3, 0.4) is 0 Å². The Kier molecular flexibility index (Phi) is 10.3. The van der Waals surface area contributed by atoms with E-state index in [9.17, 15) is 27.6 Å². The second kappa shape index (κ2) is 15.3. The number of carbonyl (C=O) groups excluding carboxylic acids is 3. The van der Waals surface area contributed by atoms with Crippen molar-refractivity contribution in [1.29, 1.82) is 0 Å². The molecule has 17 heteroatoms. The van der Waals surface area contributed by atoms with Gasteiger partial charge in [-0.3, -0.25) is 24.2 Å². The van der Waals surface area contributed by atoms with E-state index in [0.717, 1.165) is 96.9 Å². The zero-order valence-electron chi connectivity index (χ0n) is 31.0. The number of nitrogens with one attached hydrogen (secondary N) is 2. The molecule has 0 bridgehead atoms. The van der Waals surface area contributed by atoms with Crippen LogP contribution in [0.25, 0.3) is 15.9 Å². The third-order valence-corrected chi connectivity index (χ3v) is 12.4. The quantitative estimate of drug-likeness (QED) is 0.163. The second-order valence-electron chi connectivity index (χ2n) is 14.8. The Hall–Kier alpha value is -5.29. The fourth-order valence-electron chi connectivity index (χ4n) is 8.23. The largest absolute Gasteiger partial charge is 0.494 e. The van der Waals surface area contributed by atoms with Gasteiger partial charge in [0.1, 0.15) is 23.0 Å². The average molecular weight is 790 g/mol. The van der Waals surface area contributed by atoms with Crippen molar-refractivity contribution in [3.8, 4) is 5.75 Å². The number of urea groups is 1. The van der Waals surface area contributed by atoms with Gasteiger partial charge in [-0.2, -0.15) is 13.2 Å². The molecule has 0 atom stereocenters. The van der Waals surface area contributed by atoms with Crippen molar-refractivity contribution in [2.45, 2.75) is 63.1 Å². The van der Waals surface area contributed by atoms with Crippen LogP contribution in [0.5, 0.6) is 5.75 Å². The van der Waals surface area contributed by atoms with Crippen LogP contribution in [0.2, 0.25) is 0 Å². The number of pyridine rings is 2. The fraction of sp³-hybridized carbons (Fsp3) is 0.436. The van der Waals surface area contributed by atoms with Gasteiger partial charge in [0.05, 0.1) is 39.9 Å². The number of ether oxygens (including phenoxy) is 1. The molecule has 0 unspecified atom stereocenters. The average Bonchev–Trinajstić information content (AvgIpc) is 3.82. The second-order valence-corrected chi connectivity index (χ2v) is 15.8. The van der Waals surface area contributed by atoms with Gasteiger partial charge < -0.3 is 19.9 Å². The minimum Gasteiger partial charge on any atom is -0.494 e. The van der Waals surface area contributed by atoms with Gasteiger partial charge in [0.15, 0.2) is 5.65 Å². The number of anilines is 3. The third-order valence-electron chi connectivity index (χ3n) is 11.2. The van der Waals surface area contributed by atoms with E-state index in [2.05, 4.69) is 43.5 Å². The summed E-state index contributed by atoms with van der Waals surface area (Å²) in [6.45, 7) is 3.16. The molecular formula is C39H42F3N9O4S. The minimum atomic E-state index is -4.66. The summed E-state index contributed by atoms with van der Waals surface area (Å²) in [5, 5.41) is 6.10. The molecule has 1 aliphatic carbocycles. The van der Waals surface area contributed by atoms with E-state index in [1.165, 1.54) is 13.2 Å². The number of benzene rings is 1. The van der Waals surface area contributed by atoms with Crippen LogP contribution in [-0.2, 0) is 11.0 Å². The summed E-state index contributed by atoms with van der Waals surface area (Å²) in [6.07, 6.45) is 5.53. The number of thiazole rings is 1. The first kappa shape index (κ1) is 37.6. The first-order valence-corrected chi connectivity index (χ1v) is 19.6. The maximum atomic E-state index is 13.2. The summed E-state index contributed by atoms with van der Waals surface area (Å²) >= 11 is 1.58. The number of alkyl halides is 3. The lowest BCUT2D eigenvalue weighted by Gasteiger charge is -2.40. The molecule has 13 nitrogen and oxygen atoms in total. The van der Waals surface area contributed by atoms with Gasteiger partial charge in [-0.05, 0) is 81.8 Å². The first-order chi connectivity index (χ1) is 26.9. The van der Waals surface area contributed by atoms with Crippen LogP contribution in [0.15, 0.2) is 54.9 Å². The Balaban J connectivity index is 0.848. The van der Waals surface area contributed by atoms with Crippen molar-refractivity contribution in [3.05, 3.63) is 71.3 Å². The van der Waals surface area contributed by atoms with E-state index in [0.29, 0.717) is 41.7 Å². The molecule has 56 heavy (non-hydrogen) atoms. The lowest BCUT2D eigenvalue weighted by Crippen LogP contribution is -2.50. The number of imide groups is 1. The van der Waals surface area contributed by atoms with Crippen molar-refractivity contribution in [3.63, 3.8) is 0 Å². The molecule has 8 rings (SSSR count). The lowest BCUT2D eigenvalue weighted by atomic mass is 9.82. The van der Waals surface area contributed by atoms with E-state index < -0.39 is 23.8 Å². The van der Waals surface area contributed by atoms with Gasteiger partial charge in [0.2, 0.25) is 5.91 Å². The molecule has 6 heterocycles. The van der Waals surface area contributed by atoms with Crippen LogP contribution >= 0.6 is 11.3 Å². The van der Waals surface area contributed by atoms with E-state index >= 15 is 0 Å². The molecule has 2 aliphatic heterocycles. The van der Waals surface area contributed by atoms with Gasteiger partial charge in [0.25, 0.3) is 5.91 Å². The number of halogens is 3. The van der Waals surface area contributed by atoms with Crippen LogP contribution in [0.1, 0.15) is 72.1 Å². The van der Waals surface area contributed by atoms with E-state index in [1.54, 1.807) is 34.6 Å². The zero-order valence-corrected chi connectivity index (χ0v) is 31.8. The summed E-state index contributed by atoms with van der Waals surface area (Å²) in [6, 6.07) is 10.8. The normalized spacial score (nSPS) is 19.9. The predicted octanol–water partition coefficient (Wildman–Crippen LogP) is 6.94. The summed E-state index contributed by atoms with van der Waals surface area (Å²) in [5.41, 5.74) is 1.45.